The molecule has 0 aliphatic carbocycles. The normalized spacial score (nSPS) is 16.4. The van der Waals surface area contributed by atoms with Crippen molar-refractivity contribution >= 4 is 28.1 Å². The predicted octanol–water partition coefficient (Wildman–Crippen LogP) is 3.87. The molecule has 7 heteroatoms. The number of Topliss-reactive ketones (excluding diaryl/α,β-unsaturated/α-hetero) is 1. The van der Waals surface area contributed by atoms with Crippen molar-refractivity contribution in [1.82, 2.24) is 9.88 Å². The van der Waals surface area contributed by atoms with Crippen LogP contribution in [0.25, 0.3) is 10.9 Å². The van der Waals surface area contributed by atoms with Gasteiger partial charge in [-0.3, -0.25) is 14.5 Å². The van der Waals surface area contributed by atoms with Gasteiger partial charge < -0.3 is 15.2 Å². The van der Waals surface area contributed by atoms with Gasteiger partial charge in [0.1, 0.15) is 11.6 Å². The summed E-state index contributed by atoms with van der Waals surface area (Å²) in [7, 11) is 0. The van der Waals surface area contributed by atoms with Crippen molar-refractivity contribution in [2.75, 3.05) is 42.9 Å². The second-order valence-electron chi connectivity index (χ2n) is 9.34. The number of anilines is 2. The number of H-pyrrole nitrogens is 1. The summed E-state index contributed by atoms with van der Waals surface area (Å²) in [6.07, 6.45) is 2.56. The Morgan fingerprint density at radius 3 is 2.62 bits per heavy atom. The minimum Gasteiger partial charge on any atom is -0.384 e. The average Bonchev–Trinajstić information content (AvgIpc) is 2.85. The highest BCUT2D eigenvalue weighted by molar-refractivity contribution is 5.93. The summed E-state index contributed by atoms with van der Waals surface area (Å²) in [6.45, 7) is 6.66. The van der Waals surface area contributed by atoms with Crippen molar-refractivity contribution in [1.29, 1.82) is 0 Å². The number of nitrogens with zero attached hydrogens (tertiary/aromatic N) is 2. The van der Waals surface area contributed by atoms with E-state index in [1.165, 1.54) is 6.07 Å². The number of rotatable bonds is 6. The van der Waals surface area contributed by atoms with Gasteiger partial charge in [-0.25, -0.2) is 4.39 Å². The molecule has 2 aromatic carbocycles. The quantitative estimate of drug-likeness (QED) is 0.582. The maximum absolute atomic E-state index is 14.7. The van der Waals surface area contributed by atoms with Crippen molar-refractivity contribution in [3.05, 3.63) is 69.3 Å². The van der Waals surface area contributed by atoms with E-state index in [-0.39, 0.29) is 23.6 Å². The van der Waals surface area contributed by atoms with Gasteiger partial charge in [0.2, 0.25) is 0 Å². The molecule has 0 unspecified atom stereocenters. The Kier molecular flexibility index (Phi) is 6.37. The minimum absolute atomic E-state index is 0.00701. The molecule has 2 aliphatic rings. The summed E-state index contributed by atoms with van der Waals surface area (Å²) in [5.74, 6) is -0.139. The van der Waals surface area contributed by atoms with Crippen LogP contribution in [-0.4, -0.2) is 48.4 Å². The third kappa shape index (κ3) is 4.57. The zero-order valence-corrected chi connectivity index (χ0v) is 19.6. The summed E-state index contributed by atoms with van der Waals surface area (Å²) >= 11 is 0. The molecule has 0 atom stereocenters. The molecule has 0 radical (unpaired) electrons. The number of piperazine rings is 1. The van der Waals surface area contributed by atoms with Crippen LogP contribution in [0.1, 0.15) is 36.5 Å². The highest BCUT2D eigenvalue weighted by Gasteiger charge is 2.21. The molecular formula is C27H31FN4O2. The summed E-state index contributed by atoms with van der Waals surface area (Å²) in [4.78, 5) is 31.7. The first-order chi connectivity index (χ1) is 16.5. The maximum atomic E-state index is 14.7. The van der Waals surface area contributed by atoms with Gasteiger partial charge in [0.15, 0.2) is 0 Å². The number of aromatic amines is 1. The number of nitrogens with one attached hydrogen (secondary N) is 2. The predicted molar refractivity (Wildman–Crippen MR) is 134 cm³/mol. The number of hydrogen-bond donors (Lipinski definition) is 2. The van der Waals surface area contributed by atoms with Crippen molar-refractivity contribution in [3.63, 3.8) is 0 Å². The van der Waals surface area contributed by atoms with E-state index in [0.717, 1.165) is 85.4 Å². The van der Waals surface area contributed by atoms with E-state index in [0.29, 0.717) is 12.1 Å². The summed E-state index contributed by atoms with van der Waals surface area (Å²) in [6, 6.07) is 11.5. The van der Waals surface area contributed by atoms with Gasteiger partial charge in [-0.2, -0.15) is 0 Å². The van der Waals surface area contributed by atoms with Gasteiger partial charge in [-0.05, 0) is 42.2 Å². The third-order valence-electron chi connectivity index (χ3n) is 7.01. The second-order valence-corrected chi connectivity index (χ2v) is 9.34. The zero-order chi connectivity index (χ0) is 23.7. The van der Waals surface area contributed by atoms with Gasteiger partial charge in [0.05, 0.1) is 16.9 Å². The van der Waals surface area contributed by atoms with Crippen LogP contribution >= 0.6 is 0 Å². The van der Waals surface area contributed by atoms with E-state index in [2.05, 4.69) is 38.3 Å². The van der Waals surface area contributed by atoms with Crippen LogP contribution in [0.5, 0.6) is 0 Å². The minimum atomic E-state index is -0.259. The largest absolute Gasteiger partial charge is 0.384 e. The fourth-order valence-electron chi connectivity index (χ4n) is 5.08. The molecule has 3 heterocycles. The van der Waals surface area contributed by atoms with Crippen molar-refractivity contribution in [2.45, 2.75) is 39.2 Å². The van der Waals surface area contributed by atoms with E-state index in [9.17, 15) is 14.0 Å². The van der Waals surface area contributed by atoms with Crippen molar-refractivity contribution in [2.24, 2.45) is 0 Å². The van der Waals surface area contributed by atoms with Crippen LogP contribution in [0.15, 0.2) is 41.2 Å². The van der Waals surface area contributed by atoms with Gasteiger partial charge in [0, 0.05) is 63.1 Å². The van der Waals surface area contributed by atoms with Gasteiger partial charge in [-0.15, -0.1) is 0 Å². The van der Waals surface area contributed by atoms with Crippen LogP contribution in [0.4, 0.5) is 15.8 Å². The number of pyridine rings is 1. The lowest BCUT2D eigenvalue weighted by Crippen LogP contribution is -2.46. The van der Waals surface area contributed by atoms with Crippen LogP contribution in [0.2, 0.25) is 0 Å². The van der Waals surface area contributed by atoms with Gasteiger partial charge >= 0.3 is 0 Å². The topological polar surface area (TPSA) is 68.4 Å². The standard InChI is InChI=1S/C27H31FN4O2/c1-2-20(33)14-18-6-8-25(23(28)15-18)32-12-10-31(11-13-32)17-19-5-7-21-24(16-19)30-27(34)22-4-3-9-29-26(21)22/h5-8,15-16,29H,2-4,9-14,17H2,1H3,(H,30,34). The SMILES string of the molecule is CCC(=O)Cc1ccc(N2CCN(Cc3ccc4c5c(c(=O)[nH]c4c3)CCCN5)CC2)c(F)c1. The van der Waals surface area contributed by atoms with Crippen LogP contribution in [0.3, 0.4) is 0 Å². The first-order valence-electron chi connectivity index (χ1n) is 12.2. The second kappa shape index (κ2) is 9.58. The summed E-state index contributed by atoms with van der Waals surface area (Å²) < 4.78 is 14.7. The Morgan fingerprint density at radius 1 is 1.06 bits per heavy atom. The highest BCUT2D eigenvalue weighted by Crippen LogP contribution is 2.28. The summed E-state index contributed by atoms with van der Waals surface area (Å²) in [5.41, 5.74) is 5.22. The lowest BCUT2D eigenvalue weighted by Gasteiger charge is -2.36. The number of fused-ring (bicyclic) bond motifs is 3. The van der Waals surface area contributed by atoms with E-state index in [4.69, 9.17) is 0 Å². The summed E-state index contributed by atoms with van der Waals surface area (Å²) in [5, 5.41) is 4.48. The van der Waals surface area contributed by atoms with Crippen molar-refractivity contribution < 1.29 is 9.18 Å². The maximum Gasteiger partial charge on any atom is 0.253 e. The molecule has 1 aromatic heterocycles. The Balaban J connectivity index is 1.24. The first kappa shape index (κ1) is 22.6. The molecule has 34 heavy (non-hydrogen) atoms. The number of carbonyl (C=O) groups excluding carboxylic acids is 1. The smallest absolute Gasteiger partial charge is 0.253 e. The van der Waals surface area contributed by atoms with Gasteiger partial charge in [-0.1, -0.05) is 25.1 Å². The fraction of sp³-hybridized carbons (Fsp3) is 0.407. The lowest BCUT2D eigenvalue weighted by atomic mass is 10.0. The molecule has 1 saturated heterocycles. The van der Waals surface area contributed by atoms with E-state index >= 15 is 0 Å². The van der Waals surface area contributed by atoms with Crippen molar-refractivity contribution in [3.8, 4) is 0 Å². The Labute approximate surface area is 198 Å². The van der Waals surface area contributed by atoms with E-state index < -0.39 is 0 Å². The number of hydrogen-bond acceptors (Lipinski definition) is 5. The number of ketones is 1. The highest BCUT2D eigenvalue weighted by atomic mass is 19.1. The number of halogens is 1. The molecule has 2 aliphatic heterocycles. The Bertz CT molecular complexity index is 1280. The molecular weight excluding hydrogens is 431 g/mol. The molecule has 0 saturated carbocycles. The lowest BCUT2D eigenvalue weighted by molar-refractivity contribution is -0.118. The molecule has 3 aromatic rings. The number of benzene rings is 2. The van der Waals surface area contributed by atoms with Gasteiger partial charge in [0.25, 0.3) is 5.56 Å². The molecule has 2 N–H and O–H groups in total. The van der Waals surface area contributed by atoms with E-state index in [1.807, 2.05) is 13.0 Å². The molecule has 178 valence electrons. The molecule has 5 rings (SSSR count). The van der Waals surface area contributed by atoms with Crippen LogP contribution in [0, 0.1) is 5.82 Å². The fourth-order valence-corrected chi connectivity index (χ4v) is 5.08. The molecule has 0 spiro atoms. The average molecular weight is 463 g/mol. The third-order valence-corrected chi connectivity index (χ3v) is 7.01. The van der Waals surface area contributed by atoms with Crippen LogP contribution < -0.4 is 15.8 Å². The molecule has 6 nitrogen and oxygen atoms in total. The monoisotopic (exact) mass is 462 g/mol. The zero-order valence-electron chi connectivity index (χ0n) is 19.6. The number of aromatic nitrogens is 1. The Morgan fingerprint density at radius 2 is 1.85 bits per heavy atom. The number of carbonyl (C=O) groups is 1. The molecule has 1 fully saturated rings. The van der Waals surface area contributed by atoms with E-state index in [1.54, 1.807) is 6.07 Å². The first-order valence-corrected chi connectivity index (χ1v) is 12.2. The molecule has 0 amide bonds. The van der Waals surface area contributed by atoms with Crippen LogP contribution in [-0.2, 0) is 24.2 Å². The Hall–Kier alpha value is -3.19. The molecule has 0 bridgehead atoms.